The lowest BCUT2D eigenvalue weighted by atomic mass is 10.0. The number of hydrogen-bond donors (Lipinski definition) is 3. The third-order valence-corrected chi connectivity index (χ3v) is 3.21. The minimum atomic E-state index is -0.781. The molecule has 0 aliphatic carbocycles. The van der Waals surface area contributed by atoms with Crippen molar-refractivity contribution < 1.29 is 14.7 Å². The van der Waals surface area contributed by atoms with Crippen LogP contribution in [0.3, 0.4) is 0 Å². The van der Waals surface area contributed by atoms with E-state index in [1.54, 1.807) is 6.33 Å². The number of carboxylic acids is 1. The van der Waals surface area contributed by atoms with Gasteiger partial charge in [-0.25, -0.2) is 4.79 Å². The lowest BCUT2D eigenvalue weighted by Gasteiger charge is -2.11. The molecule has 8 heteroatoms. The van der Waals surface area contributed by atoms with Crippen LogP contribution < -0.4 is 10.6 Å². The molecule has 0 aliphatic heterocycles. The first kappa shape index (κ1) is 16.9. The van der Waals surface area contributed by atoms with Crippen LogP contribution in [0, 0.1) is 5.92 Å². The van der Waals surface area contributed by atoms with E-state index in [0.29, 0.717) is 25.9 Å². The smallest absolute Gasteiger partial charge is 0.314 e. The Kier molecular flexibility index (Phi) is 7.20. The number of nitrogens with zero attached hydrogens (tertiary/aromatic N) is 3. The number of carbonyl (C=O) groups excluding carboxylic acids is 1. The highest BCUT2D eigenvalue weighted by Gasteiger charge is 2.07. The molecule has 0 aliphatic rings. The number of aryl methyl sites for hydroxylation is 1. The minimum absolute atomic E-state index is 0.172. The number of urea groups is 1. The minimum Gasteiger partial charge on any atom is -0.481 e. The summed E-state index contributed by atoms with van der Waals surface area (Å²) >= 11 is 0. The zero-order valence-corrected chi connectivity index (χ0v) is 12.5. The van der Waals surface area contributed by atoms with Gasteiger partial charge in [-0.05, 0) is 18.8 Å². The van der Waals surface area contributed by atoms with Crippen LogP contribution >= 0.6 is 0 Å². The summed E-state index contributed by atoms with van der Waals surface area (Å²) in [5.74, 6) is 0.314. The van der Waals surface area contributed by atoms with Crippen LogP contribution in [0.1, 0.15) is 32.0 Å². The summed E-state index contributed by atoms with van der Waals surface area (Å²) in [6.07, 6.45) is 3.81. The predicted molar refractivity (Wildman–Crippen MR) is 76.8 cm³/mol. The molecule has 0 spiro atoms. The summed E-state index contributed by atoms with van der Waals surface area (Å²) < 4.78 is 1.81. The molecule has 0 radical (unpaired) electrons. The third-order valence-electron chi connectivity index (χ3n) is 3.21. The molecule has 0 bridgehead atoms. The second-order valence-corrected chi connectivity index (χ2v) is 5.12. The Morgan fingerprint density at radius 2 is 2.05 bits per heavy atom. The van der Waals surface area contributed by atoms with Crippen molar-refractivity contribution in [1.29, 1.82) is 0 Å². The van der Waals surface area contributed by atoms with Crippen molar-refractivity contribution in [3.8, 4) is 0 Å². The van der Waals surface area contributed by atoms with Gasteiger partial charge in [-0.2, -0.15) is 0 Å². The van der Waals surface area contributed by atoms with E-state index in [2.05, 4.69) is 20.8 Å². The van der Waals surface area contributed by atoms with Crippen LogP contribution in [0.4, 0.5) is 4.79 Å². The molecule has 118 valence electrons. The molecule has 1 aromatic heterocycles. The van der Waals surface area contributed by atoms with E-state index in [9.17, 15) is 9.59 Å². The van der Waals surface area contributed by atoms with E-state index in [1.807, 2.05) is 18.5 Å². The van der Waals surface area contributed by atoms with Crippen LogP contribution in [0.15, 0.2) is 6.33 Å². The van der Waals surface area contributed by atoms with E-state index < -0.39 is 5.97 Å². The van der Waals surface area contributed by atoms with Crippen molar-refractivity contribution in [1.82, 2.24) is 25.4 Å². The standard InChI is InChI=1S/C13H23N5O3/c1-10(3-4-12(19)20)5-7-14-13(21)15-8-6-11-17-16-9-18(11)2/h9-10H,3-8H2,1-2H3,(H,19,20)(H2,14,15,21). The van der Waals surface area contributed by atoms with Gasteiger partial charge in [0.15, 0.2) is 0 Å². The summed E-state index contributed by atoms with van der Waals surface area (Å²) in [4.78, 5) is 22.0. The lowest BCUT2D eigenvalue weighted by Crippen LogP contribution is -2.37. The molecule has 3 N–H and O–H groups in total. The first-order valence-corrected chi connectivity index (χ1v) is 7.05. The maximum atomic E-state index is 11.5. The molecule has 21 heavy (non-hydrogen) atoms. The first-order valence-electron chi connectivity index (χ1n) is 7.05. The van der Waals surface area contributed by atoms with Crippen LogP contribution in [0.25, 0.3) is 0 Å². The number of rotatable bonds is 9. The molecular weight excluding hydrogens is 274 g/mol. The maximum Gasteiger partial charge on any atom is 0.314 e. The van der Waals surface area contributed by atoms with Gasteiger partial charge in [0, 0.05) is 33.0 Å². The average molecular weight is 297 g/mol. The SMILES string of the molecule is CC(CCNC(=O)NCCc1nncn1C)CCC(=O)O. The fourth-order valence-corrected chi connectivity index (χ4v) is 1.83. The van der Waals surface area contributed by atoms with E-state index in [0.717, 1.165) is 12.2 Å². The Morgan fingerprint density at radius 3 is 2.67 bits per heavy atom. The van der Waals surface area contributed by atoms with Gasteiger partial charge in [0.1, 0.15) is 12.2 Å². The fourth-order valence-electron chi connectivity index (χ4n) is 1.83. The van der Waals surface area contributed by atoms with Gasteiger partial charge in [-0.15, -0.1) is 10.2 Å². The van der Waals surface area contributed by atoms with Gasteiger partial charge in [0.25, 0.3) is 0 Å². The molecule has 1 rings (SSSR count). The average Bonchev–Trinajstić information content (AvgIpc) is 2.82. The molecule has 1 atom stereocenters. The predicted octanol–water partition coefficient (Wildman–Crippen LogP) is 0.548. The highest BCUT2D eigenvalue weighted by atomic mass is 16.4. The first-order chi connectivity index (χ1) is 9.99. The molecule has 0 saturated heterocycles. The normalized spacial score (nSPS) is 11.9. The second kappa shape index (κ2) is 8.93. The second-order valence-electron chi connectivity index (χ2n) is 5.12. The molecule has 8 nitrogen and oxygen atoms in total. The zero-order chi connectivity index (χ0) is 15.7. The molecule has 1 aromatic rings. The Morgan fingerprint density at radius 1 is 1.33 bits per heavy atom. The largest absolute Gasteiger partial charge is 0.481 e. The Balaban J connectivity index is 2.06. The number of nitrogens with one attached hydrogen (secondary N) is 2. The number of amides is 2. The number of aliphatic carboxylic acids is 1. The summed E-state index contributed by atoms with van der Waals surface area (Å²) in [6.45, 7) is 3.01. The number of aromatic nitrogens is 3. The van der Waals surface area contributed by atoms with Crippen LogP contribution in [0.2, 0.25) is 0 Å². The van der Waals surface area contributed by atoms with Gasteiger partial charge in [0.05, 0.1) is 0 Å². The van der Waals surface area contributed by atoms with Crippen molar-refractivity contribution >= 4 is 12.0 Å². The summed E-state index contributed by atoms with van der Waals surface area (Å²) in [6, 6.07) is -0.220. The van der Waals surface area contributed by atoms with Crippen molar-refractivity contribution in [2.24, 2.45) is 13.0 Å². The van der Waals surface area contributed by atoms with E-state index >= 15 is 0 Å². The summed E-state index contributed by atoms with van der Waals surface area (Å²) in [7, 11) is 1.86. The topological polar surface area (TPSA) is 109 Å². The van der Waals surface area contributed by atoms with Gasteiger partial charge in [0.2, 0.25) is 0 Å². The van der Waals surface area contributed by atoms with Crippen LogP contribution in [-0.2, 0) is 18.3 Å². The summed E-state index contributed by atoms with van der Waals surface area (Å²) in [5, 5.41) is 21.8. The van der Waals surface area contributed by atoms with E-state index in [-0.39, 0.29) is 18.4 Å². The van der Waals surface area contributed by atoms with Gasteiger partial charge in [-0.1, -0.05) is 6.92 Å². The van der Waals surface area contributed by atoms with Crippen LogP contribution in [-0.4, -0.2) is 45.0 Å². The molecule has 1 heterocycles. The third kappa shape index (κ3) is 7.28. The van der Waals surface area contributed by atoms with Gasteiger partial charge in [-0.3, -0.25) is 4.79 Å². The molecule has 2 amide bonds. The Hall–Kier alpha value is -2.12. The Labute approximate surface area is 123 Å². The van der Waals surface area contributed by atoms with Crippen molar-refractivity contribution in [3.05, 3.63) is 12.2 Å². The quantitative estimate of drug-likeness (QED) is 0.616. The fraction of sp³-hybridized carbons (Fsp3) is 0.692. The zero-order valence-electron chi connectivity index (χ0n) is 12.5. The number of carbonyl (C=O) groups is 2. The molecule has 0 saturated carbocycles. The lowest BCUT2D eigenvalue weighted by molar-refractivity contribution is -0.137. The molecule has 0 fully saturated rings. The Bertz CT molecular complexity index is 460. The number of carboxylic acid groups (broad SMARTS) is 1. The van der Waals surface area contributed by atoms with Crippen molar-refractivity contribution in [3.63, 3.8) is 0 Å². The highest BCUT2D eigenvalue weighted by Crippen LogP contribution is 2.08. The molecule has 1 unspecified atom stereocenters. The number of hydrogen-bond acceptors (Lipinski definition) is 4. The van der Waals surface area contributed by atoms with E-state index in [1.165, 1.54) is 0 Å². The van der Waals surface area contributed by atoms with Gasteiger partial charge < -0.3 is 20.3 Å². The highest BCUT2D eigenvalue weighted by molar-refractivity contribution is 5.73. The monoisotopic (exact) mass is 297 g/mol. The van der Waals surface area contributed by atoms with Gasteiger partial charge >= 0.3 is 12.0 Å². The van der Waals surface area contributed by atoms with Crippen LogP contribution in [0.5, 0.6) is 0 Å². The molecular formula is C13H23N5O3. The summed E-state index contributed by atoms with van der Waals surface area (Å²) in [5.41, 5.74) is 0. The maximum absolute atomic E-state index is 11.5. The molecule has 0 aromatic carbocycles. The van der Waals surface area contributed by atoms with Crippen molar-refractivity contribution in [2.45, 2.75) is 32.6 Å². The van der Waals surface area contributed by atoms with Crippen molar-refractivity contribution in [2.75, 3.05) is 13.1 Å². The van der Waals surface area contributed by atoms with E-state index in [4.69, 9.17) is 5.11 Å².